The molecule has 0 bridgehead atoms. The largest absolute Gasteiger partial charge is 0.388 e. The predicted molar refractivity (Wildman–Crippen MR) is 59.9 cm³/mol. The van der Waals surface area contributed by atoms with Crippen LogP contribution >= 0.6 is 11.6 Å². The van der Waals surface area contributed by atoms with Crippen LogP contribution in [0.2, 0.25) is 5.02 Å². The third kappa shape index (κ3) is 2.94. The number of aliphatic hydroxyl groups excluding tert-OH is 1. The summed E-state index contributed by atoms with van der Waals surface area (Å²) in [6, 6.07) is 1.82. The smallest absolute Gasteiger partial charge is 0.160 e. The number of hydrogen-bond acceptors (Lipinski definition) is 2. The van der Waals surface area contributed by atoms with Crippen LogP contribution in [0.5, 0.6) is 0 Å². The van der Waals surface area contributed by atoms with Gasteiger partial charge in [0.05, 0.1) is 12.2 Å². The van der Waals surface area contributed by atoms with Crippen LogP contribution in [-0.4, -0.2) is 17.8 Å². The Morgan fingerprint density at radius 2 is 2.12 bits per heavy atom. The van der Waals surface area contributed by atoms with Gasteiger partial charge in [-0.2, -0.15) is 0 Å². The quantitative estimate of drug-likeness (QED) is 0.848. The van der Waals surface area contributed by atoms with Gasteiger partial charge in [-0.25, -0.2) is 8.78 Å². The number of ether oxygens (including phenoxy) is 1. The molecule has 0 amide bonds. The molecule has 1 saturated heterocycles. The Morgan fingerprint density at radius 1 is 1.41 bits per heavy atom. The van der Waals surface area contributed by atoms with Gasteiger partial charge >= 0.3 is 0 Å². The van der Waals surface area contributed by atoms with Crippen molar-refractivity contribution >= 4 is 11.6 Å². The Morgan fingerprint density at radius 3 is 2.76 bits per heavy atom. The van der Waals surface area contributed by atoms with E-state index in [9.17, 15) is 13.9 Å². The highest BCUT2D eigenvalue weighted by Crippen LogP contribution is 2.30. The van der Waals surface area contributed by atoms with Gasteiger partial charge in [0.15, 0.2) is 11.6 Å². The fraction of sp³-hybridized carbons (Fsp3) is 0.500. The van der Waals surface area contributed by atoms with Crippen molar-refractivity contribution in [1.82, 2.24) is 0 Å². The lowest BCUT2D eigenvalue weighted by Gasteiger charge is -2.16. The van der Waals surface area contributed by atoms with Crippen molar-refractivity contribution in [2.75, 3.05) is 6.61 Å². The fourth-order valence-electron chi connectivity index (χ4n) is 2.00. The summed E-state index contributed by atoms with van der Waals surface area (Å²) < 4.78 is 31.3. The minimum Gasteiger partial charge on any atom is -0.388 e. The average Bonchev–Trinajstić information content (AvgIpc) is 2.76. The Kier molecular flexibility index (Phi) is 3.97. The van der Waals surface area contributed by atoms with E-state index in [-0.39, 0.29) is 16.7 Å². The Labute approximate surface area is 103 Å². The second-order valence-corrected chi connectivity index (χ2v) is 4.58. The lowest BCUT2D eigenvalue weighted by atomic mass is 10.0. The molecule has 1 aromatic rings. The van der Waals surface area contributed by atoms with Crippen LogP contribution in [0.4, 0.5) is 8.78 Å². The molecular formula is C12H13ClF2O2. The molecule has 0 saturated carbocycles. The highest BCUT2D eigenvalue weighted by Gasteiger charge is 2.23. The van der Waals surface area contributed by atoms with E-state index in [0.29, 0.717) is 13.0 Å². The molecule has 2 nitrogen and oxygen atoms in total. The first-order valence-electron chi connectivity index (χ1n) is 5.52. The lowest BCUT2D eigenvalue weighted by Crippen LogP contribution is -2.12. The van der Waals surface area contributed by atoms with E-state index in [1.54, 1.807) is 0 Å². The number of halogens is 3. The van der Waals surface area contributed by atoms with Gasteiger partial charge in [0, 0.05) is 23.6 Å². The first kappa shape index (κ1) is 12.7. The van der Waals surface area contributed by atoms with E-state index in [2.05, 4.69) is 0 Å². The first-order chi connectivity index (χ1) is 8.08. The molecule has 94 valence electrons. The van der Waals surface area contributed by atoms with Crippen LogP contribution in [0.15, 0.2) is 12.1 Å². The standard InChI is InChI=1S/C12H13ClF2O2/c13-9-6-11(15)10(14)5-8(9)12(16)4-7-2-1-3-17-7/h5-7,12,16H,1-4H2. The molecule has 1 aliphatic rings. The van der Waals surface area contributed by atoms with Crippen molar-refractivity contribution in [3.8, 4) is 0 Å². The number of rotatable bonds is 3. The zero-order valence-electron chi connectivity index (χ0n) is 9.13. The van der Waals surface area contributed by atoms with E-state index < -0.39 is 17.7 Å². The lowest BCUT2D eigenvalue weighted by molar-refractivity contribution is 0.0534. The molecule has 0 spiro atoms. The van der Waals surface area contributed by atoms with E-state index in [0.717, 1.165) is 25.0 Å². The zero-order chi connectivity index (χ0) is 12.4. The minimum absolute atomic E-state index is 0.0332. The van der Waals surface area contributed by atoms with Crippen LogP contribution in [-0.2, 0) is 4.74 Å². The van der Waals surface area contributed by atoms with Gasteiger partial charge in [0.1, 0.15) is 0 Å². The van der Waals surface area contributed by atoms with Crippen LogP contribution in [0, 0.1) is 11.6 Å². The molecule has 1 N–H and O–H groups in total. The van der Waals surface area contributed by atoms with Crippen LogP contribution in [0.1, 0.15) is 30.9 Å². The maximum absolute atomic E-state index is 13.1. The summed E-state index contributed by atoms with van der Waals surface area (Å²) in [6.07, 6.45) is 1.22. The number of hydrogen-bond donors (Lipinski definition) is 1. The summed E-state index contributed by atoms with van der Waals surface area (Å²) in [5.74, 6) is -2.01. The molecular weight excluding hydrogens is 250 g/mol. The normalized spacial score (nSPS) is 21.8. The Bertz CT molecular complexity index is 406. The molecule has 1 aliphatic heterocycles. The molecule has 5 heteroatoms. The third-order valence-corrected chi connectivity index (χ3v) is 3.24. The average molecular weight is 263 g/mol. The zero-order valence-corrected chi connectivity index (χ0v) is 9.88. The third-order valence-electron chi connectivity index (χ3n) is 2.91. The van der Waals surface area contributed by atoms with Gasteiger partial charge in [-0.1, -0.05) is 11.6 Å². The molecule has 1 aromatic carbocycles. The van der Waals surface area contributed by atoms with Gasteiger partial charge in [-0.05, 0) is 25.0 Å². The Hall–Kier alpha value is -0.710. The molecule has 2 atom stereocenters. The van der Waals surface area contributed by atoms with Gasteiger partial charge in [-0.15, -0.1) is 0 Å². The van der Waals surface area contributed by atoms with Crippen molar-refractivity contribution < 1.29 is 18.6 Å². The molecule has 1 heterocycles. The van der Waals surface area contributed by atoms with E-state index in [4.69, 9.17) is 16.3 Å². The van der Waals surface area contributed by atoms with E-state index >= 15 is 0 Å². The summed E-state index contributed by atoms with van der Waals surface area (Å²) in [7, 11) is 0. The SMILES string of the molecule is OC(CC1CCCO1)c1cc(F)c(F)cc1Cl. The summed E-state index contributed by atoms with van der Waals surface area (Å²) in [5, 5.41) is 9.96. The van der Waals surface area contributed by atoms with E-state index in [1.165, 1.54) is 0 Å². The topological polar surface area (TPSA) is 29.5 Å². The molecule has 0 radical (unpaired) electrons. The monoisotopic (exact) mass is 262 g/mol. The first-order valence-corrected chi connectivity index (χ1v) is 5.90. The van der Waals surface area contributed by atoms with Crippen LogP contribution in [0.3, 0.4) is 0 Å². The van der Waals surface area contributed by atoms with Crippen LogP contribution in [0.25, 0.3) is 0 Å². The van der Waals surface area contributed by atoms with E-state index in [1.807, 2.05) is 0 Å². The van der Waals surface area contributed by atoms with Crippen molar-refractivity contribution in [2.45, 2.75) is 31.5 Å². The second-order valence-electron chi connectivity index (χ2n) is 4.17. The molecule has 2 rings (SSSR count). The maximum atomic E-state index is 13.1. The minimum atomic E-state index is -1.01. The number of aliphatic hydroxyl groups is 1. The highest BCUT2D eigenvalue weighted by atomic mass is 35.5. The van der Waals surface area contributed by atoms with Crippen molar-refractivity contribution in [1.29, 1.82) is 0 Å². The molecule has 0 aliphatic carbocycles. The predicted octanol–water partition coefficient (Wildman–Crippen LogP) is 3.22. The van der Waals surface area contributed by atoms with Crippen molar-refractivity contribution in [3.05, 3.63) is 34.4 Å². The van der Waals surface area contributed by atoms with Gasteiger partial charge in [-0.3, -0.25) is 0 Å². The van der Waals surface area contributed by atoms with Gasteiger partial charge in [0.25, 0.3) is 0 Å². The van der Waals surface area contributed by atoms with Gasteiger partial charge < -0.3 is 9.84 Å². The molecule has 1 fully saturated rings. The molecule has 2 unspecified atom stereocenters. The molecule has 0 aromatic heterocycles. The summed E-state index contributed by atoms with van der Waals surface area (Å²) in [5.41, 5.74) is 0.209. The molecule has 17 heavy (non-hydrogen) atoms. The van der Waals surface area contributed by atoms with Gasteiger partial charge in [0.2, 0.25) is 0 Å². The number of benzene rings is 1. The Balaban J connectivity index is 2.12. The summed E-state index contributed by atoms with van der Waals surface area (Å²) in [4.78, 5) is 0. The highest BCUT2D eigenvalue weighted by molar-refractivity contribution is 6.31. The van der Waals surface area contributed by atoms with Crippen LogP contribution < -0.4 is 0 Å². The van der Waals surface area contributed by atoms with Crippen molar-refractivity contribution in [3.63, 3.8) is 0 Å². The summed E-state index contributed by atoms with van der Waals surface area (Å²) in [6.45, 7) is 0.683. The summed E-state index contributed by atoms with van der Waals surface area (Å²) >= 11 is 5.77. The fourth-order valence-corrected chi connectivity index (χ4v) is 2.28. The van der Waals surface area contributed by atoms with Crippen molar-refractivity contribution in [2.24, 2.45) is 0 Å². The second kappa shape index (κ2) is 5.29. The maximum Gasteiger partial charge on any atom is 0.160 e.